The van der Waals surface area contributed by atoms with E-state index in [1.165, 1.54) is 32.2 Å². The Labute approximate surface area is 89.0 Å². The molecule has 1 N–H and O–H groups in total. The van der Waals surface area contributed by atoms with Crippen molar-refractivity contribution in [3.8, 4) is 0 Å². The van der Waals surface area contributed by atoms with E-state index in [1.54, 1.807) is 5.57 Å². The Hall–Kier alpha value is -0.300. The van der Waals surface area contributed by atoms with Crippen LogP contribution in [0.25, 0.3) is 0 Å². The average Bonchev–Trinajstić information content (AvgIpc) is 2.15. The molecule has 0 saturated carbocycles. The summed E-state index contributed by atoms with van der Waals surface area (Å²) in [7, 11) is 0. The molecule has 1 aliphatic carbocycles. The lowest BCUT2D eigenvalue weighted by Gasteiger charge is -2.18. The lowest BCUT2D eigenvalue weighted by Crippen LogP contribution is -2.21. The summed E-state index contributed by atoms with van der Waals surface area (Å²) in [4.78, 5) is 0. The van der Waals surface area contributed by atoms with Crippen LogP contribution in [0.5, 0.6) is 0 Å². The molecule has 1 heteroatoms. The van der Waals surface area contributed by atoms with Crippen molar-refractivity contribution < 1.29 is 0 Å². The van der Waals surface area contributed by atoms with Crippen LogP contribution in [0.1, 0.15) is 46.5 Å². The van der Waals surface area contributed by atoms with E-state index in [0.29, 0.717) is 0 Å². The van der Waals surface area contributed by atoms with Crippen LogP contribution in [0.3, 0.4) is 0 Å². The topological polar surface area (TPSA) is 12.0 Å². The standard InChI is InChI=1S/C13H25N/c1-11(2)10-14-9-8-13-6-4-12(3)5-7-13/h6,11-12,14H,4-5,7-10H2,1-3H3. The summed E-state index contributed by atoms with van der Waals surface area (Å²) in [6, 6.07) is 0. The van der Waals surface area contributed by atoms with Crippen LogP contribution in [-0.2, 0) is 0 Å². The highest BCUT2D eigenvalue weighted by atomic mass is 14.8. The van der Waals surface area contributed by atoms with Crippen LogP contribution in [0.15, 0.2) is 11.6 Å². The smallest absolute Gasteiger partial charge is 0.00115 e. The molecule has 0 spiro atoms. The van der Waals surface area contributed by atoms with Crippen molar-refractivity contribution in [2.24, 2.45) is 11.8 Å². The largest absolute Gasteiger partial charge is 0.316 e. The lowest BCUT2D eigenvalue weighted by atomic mass is 9.90. The quantitative estimate of drug-likeness (QED) is 0.524. The molecule has 82 valence electrons. The molecule has 0 bridgehead atoms. The first-order chi connectivity index (χ1) is 6.68. The van der Waals surface area contributed by atoms with E-state index in [-0.39, 0.29) is 0 Å². The second kappa shape index (κ2) is 6.23. The maximum Gasteiger partial charge on any atom is -0.00115 e. The highest BCUT2D eigenvalue weighted by Crippen LogP contribution is 2.24. The van der Waals surface area contributed by atoms with E-state index in [2.05, 4.69) is 32.2 Å². The predicted octanol–water partition coefficient (Wildman–Crippen LogP) is 3.37. The molecule has 0 aliphatic heterocycles. The Morgan fingerprint density at radius 3 is 2.86 bits per heavy atom. The van der Waals surface area contributed by atoms with Crippen molar-refractivity contribution in [3.63, 3.8) is 0 Å². The van der Waals surface area contributed by atoms with Crippen molar-refractivity contribution in [3.05, 3.63) is 11.6 Å². The minimum atomic E-state index is 0.773. The summed E-state index contributed by atoms with van der Waals surface area (Å²) < 4.78 is 0. The number of rotatable bonds is 5. The van der Waals surface area contributed by atoms with Crippen LogP contribution in [0.4, 0.5) is 0 Å². The summed E-state index contributed by atoms with van der Waals surface area (Å²) in [5.41, 5.74) is 1.68. The van der Waals surface area contributed by atoms with Crippen LogP contribution < -0.4 is 5.32 Å². The van der Waals surface area contributed by atoms with E-state index in [9.17, 15) is 0 Å². The highest BCUT2D eigenvalue weighted by Gasteiger charge is 2.09. The molecule has 1 unspecified atom stereocenters. The molecule has 0 heterocycles. The molecular weight excluding hydrogens is 170 g/mol. The summed E-state index contributed by atoms with van der Waals surface area (Å²) in [6.45, 7) is 9.19. The Kier molecular flexibility index (Phi) is 5.24. The third-order valence-corrected chi connectivity index (χ3v) is 2.94. The van der Waals surface area contributed by atoms with E-state index in [1.807, 2.05) is 0 Å². The minimum Gasteiger partial charge on any atom is -0.316 e. The normalized spacial score (nSPS) is 22.6. The van der Waals surface area contributed by atoms with Crippen molar-refractivity contribution >= 4 is 0 Å². The second-order valence-electron chi connectivity index (χ2n) is 5.09. The molecule has 0 amide bonds. The number of hydrogen-bond donors (Lipinski definition) is 1. The van der Waals surface area contributed by atoms with Gasteiger partial charge in [-0.15, -0.1) is 0 Å². The highest BCUT2D eigenvalue weighted by molar-refractivity contribution is 5.06. The van der Waals surface area contributed by atoms with Crippen molar-refractivity contribution in [2.45, 2.75) is 46.5 Å². The molecule has 0 saturated heterocycles. The van der Waals surface area contributed by atoms with Crippen molar-refractivity contribution in [1.29, 1.82) is 0 Å². The van der Waals surface area contributed by atoms with Gasteiger partial charge in [-0.25, -0.2) is 0 Å². The molecule has 0 fully saturated rings. The van der Waals surface area contributed by atoms with E-state index >= 15 is 0 Å². The monoisotopic (exact) mass is 195 g/mol. The lowest BCUT2D eigenvalue weighted by molar-refractivity contribution is 0.497. The van der Waals surface area contributed by atoms with Gasteiger partial charge in [-0.05, 0) is 50.6 Å². The van der Waals surface area contributed by atoms with Crippen LogP contribution >= 0.6 is 0 Å². The summed E-state index contributed by atoms with van der Waals surface area (Å²) in [5, 5.41) is 3.50. The fraction of sp³-hybridized carbons (Fsp3) is 0.846. The van der Waals surface area contributed by atoms with Gasteiger partial charge in [-0.3, -0.25) is 0 Å². The van der Waals surface area contributed by atoms with Gasteiger partial charge < -0.3 is 5.32 Å². The Balaban J connectivity index is 2.07. The molecule has 0 aromatic rings. The predicted molar refractivity (Wildman–Crippen MR) is 63.4 cm³/mol. The van der Waals surface area contributed by atoms with Crippen LogP contribution in [0.2, 0.25) is 0 Å². The number of nitrogens with one attached hydrogen (secondary N) is 1. The first-order valence-electron chi connectivity index (χ1n) is 6.07. The first-order valence-corrected chi connectivity index (χ1v) is 6.07. The summed E-state index contributed by atoms with van der Waals surface area (Å²) >= 11 is 0. The van der Waals surface area contributed by atoms with Gasteiger partial charge in [0.2, 0.25) is 0 Å². The van der Waals surface area contributed by atoms with Crippen molar-refractivity contribution in [2.75, 3.05) is 13.1 Å². The molecule has 1 aliphatic rings. The molecule has 0 aromatic carbocycles. The third kappa shape index (κ3) is 4.80. The van der Waals surface area contributed by atoms with Gasteiger partial charge in [0.25, 0.3) is 0 Å². The summed E-state index contributed by atoms with van der Waals surface area (Å²) in [6.07, 6.45) is 7.77. The fourth-order valence-corrected chi connectivity index (χ4v) is 1.89. The SMILES string of the molecule is CC(C)CNCCC1=CCC(C)CC1. The molecular formula is C13H25N. The molecule has 0 radical (unpaired) electrons. The molecule has 1 nitrogen and oxygen atoms in total. The van der Waals surface area contributed by atoms with Gasteiger partial charge in [0.15, 0.2) is 0 Å². The fourth-order valence-electron chi connectivity index (χ4n) is 1.89. The zero-order valence-corrected chi connectivity index (χ0v) is 9.97. The zero-order chi connectivity index (χ0) is 10.4. The first kappa shape index (κ1) is 11.8. The third-order valence-electron chi connectivity index (χ3n) is 2.94. The van der Waals surface area contributed by atoms with Crippen molar-refractivity contribution in [1.82, 2.24) is 5.32 Å². The van der Waals surface area contributed by atoms with E-state index in [4.69, 9.17) is 0 Å². The Morgan fingerprint density at radius 2 is 2.29 bits per heavy atom. The van der Waals surface area contributed by atoms with E-state index < -0.39 is 0 Å². The second-order valence-corrected chi connectivity index (χ2v) is 5.09. The molecule has 14 heavy (non-hydrogen) atoms. The minimum absolute atomic E-state index is 0.773. The van der Waals surface area contributed by atoms with E-state index in [0.717, 1.165) is 18.4 Å². The number of allylic oxidation sites excluding steroid dienone is 1. The zero-order valence-electron chi connectivity index (χ0n) is 9.97. The molecule has 0 aromatic heterocycles. The Morgan fingerprint density at radius 1 is 1.50 bits per heavy atom. The van der Waals surface area contributed by atoms with Gasteiger partial charge in [0.1, 0.15) is 0 Å². The maximum atomic E-state index is 3.50. The molecule has 1 rings (SSSR count). The van der Waals surface area contributed by atoms with Crippen LogP contribution in [0, 0.1) is 11.8 Å². The van der Waals surface area contributed by atoms with Gasteiger partial charge in [-0.2, -0.15) is 0 Å². The number of hydrogen-bond acceptors (Lipinski definition) is 1. The average molecular weight is 195 g/mol. The van der Waals surface area contributed by atoms with Gasteiger partial charge >= 0.3 is 0 Å². The van der Waals surface area contributed by atoms with Gasteiger partial charge in [-0.1, -0.05) is 32.4 Å². The van der Waals surface area contributed by atoms with Gasteiger partial charge in [0.05, 0.1) is 0 Å². The van der Waals surface area contributed by atoms with Gasteiger partial charge in [0, 0.05) is 0 Å². The summed E-state index contributed by atoms with van der Waals surface area (Å²) in [5.74, 6) is 1.69. The van der Waals surface area contributed by atoms with Crippen LogP contribution in [-0.4, -0.2) is 13.1 Å². The Bertz CT molecular complexity index is 182. The molecule has 1 atom stereocenters. The maximum absolute atomic E-state index is 3.50.